The average molecular weight is 247 g/mol. The minimum absolute atomic E-state index is 0.336. The van der Waals surface area contributed by atoms with Gasteiger partial charge in [-0.05, 0) is 31.5 Å². The molecular weight excluding hydrogens is 226 g/mol. The molecule has 0 N–H and O–H groups in total. The standard InChI is InChI=1S/C15H21NO2/c1-11-8-14(17)9-12(2)16(11)10-13-4-6-15(18-3)7-5-13/h4-7,11-12H,8-10H2,1-3H3. The summed E-state index contributed by atoms with van der Waals surface area (Å²) in [6.45, 7) is 5.17. The van der Waals surface area contributed by atoms with Gasteiger partial charge in [-0.1, -0.05) is 12.1 Å². The maximum atomic E-state index is 11.5. The van der Waals surface area contributed by atoms with Gasteiger partial charge in [-0.2, -0.15) is 0 Å². The second-order valence-corrected chi connectivity index (χ2v) is 5.17. The lowest BCUT2D eigenvalue weighted by Gasteiger charge is -2.38. The molecule has 0 bridgehead atoms. The predicted molar refractivity (Wildman–Crippen MR) is 71.7 cm³/mol. The van der Waals surface area contributed by atoms with Gasteiger partial charge in [-0.25, -0.2) is 0 Å². The summed E-state index contributed by atoms with van der Waals surface area (Å²) in [5.74, 6) is 1.27. The van der Waals surface area contributed by atoms with Crippen molar-refractivity contribution in [3.8, 4) is 5.75 Å². The Morgan fingerprint density at radius 2 is 1.72 bits per heavy atom. The van der Waals surface area contributed by atoms with Crippen molar-refractivity contribution in [2.24, 2.45) is 0 Å². The minimum Gasteiger partial charge on any atom is -0.497 e. The molecule has 0 saturated carbocycles. The molecule has 1 aliphatic heterocycles. The molecule has 1 aromatic rings. The summed E-state index contributed by atoms with van der Waals surface area (Å²) in [5, 5.41) is 0. The predicted octanol–water partition coefficient (Wildman–Crippen LogP) is 2.64. The van der Waals surface area contributed by atoms with E-state index in [-0.39, 0.29) is 0 Å². The van der Waals surface area contributed by atoms with Crippen LogP contribution in [0.4, 0.5) is 0 Å². The summed E-state index contributed by atoms with van der Waals surface area (Å²) in [7, 11) is 1.68. The first-order valence-corrected chi connectivity index (χ1v) is 6.50. The molecule has 2 atom stereocenters. The lowest BCUT2D eigenvalue weighted by molar-refractivity contribution is -0.125. The summed E-state index contributed by atoms with van der Waals surface area (Å²) in [5.41, 5.74) is 1.27. The van der Waals surface area contributed by atoms with Gasteiger partial charge < -0.3 is 4.74 Å². The smallest absolute Gasteiger partial charge is 0.136 e. The molecule has 1 aromatic carbocycles. The van der Waals surface area contributed by atoms with Gasteiger partial charge in [0, 0.05) is 31.5 Å². The van der Waals surface area contributed by atoms with Gasteiger partial charge >= 0.3 is 0 Å². The van der Waals surface area contributed by atoms with Crippen LogP contribution in [0.2, 0.25) is 0 Å². The van der Waals surface area contributed by atoms with E-state index in [1.54, 1.807) is 7.11 Å². The van der Waals surface area contributed by atoms with Gasteiger partial charge in [0.1, 0.15) is 11.5 Å². The van der Waals surface area contributed by atoms with Gasteiger partial charge in [0.2, 0.25) is 0 Å². The largest absolute Gasteiger partial charge is 0.497 e. The zero-order valence-electron chi connectivity index (χ0n) is 11.3. The normalized spacial score (nSPS) is 25.2. The molecule has 1 fully saturated rings. The molecule has 3 heteroatoms. The SMILES string of the molecule is COc1ccc(CN2C(C)CC(=O)CC2C)cc1. The Balaban J connectivity index is 2.05. The van der Waals surface area contributed by atoms with Crippen molar-refractivity contribution in [3.05, 3.63) is 29.8 Å². The zero-order valence-corrected chi connectivity index (χ0v) is 11.3. The van der Waals surface area contributed by atoms with Crippen LogP contribution in [-0.4, -0.2) is 29.9 Å². The number of carbonyl (C=O) groups is 1. The first kappa shape index (κ1) is 13.1. The highest BCUT2D eigenvalue weighted by Crippen LogP contribution is 2.23. The quantitative estimate of drug-likeness (QED) is 0.822. The van der Waals surface area contributed by atoms with Crippen LogP contribution in [-0.2, 0) is 11.3 Å². The summed E-state index contributed by atoms with van der Waals surface area (Å²) in [6, 6.07) is 8.83. The Bertz CT molecular complexity index is 399. The van der Waals surface area contributed by atoms with Gasteiger partial charge in [-0.15, -0.1) is 0 Å². The van der Waals surface area contributed by atoms with Crippen LogP contribution < -0.4 is 4.74 Å². The number of benzene rings is 1. The van der Waals surface area contributed by atoms with Crippen molar-refractivity contribution in [1.82, 2.24) is 4.90 Å². The van der Waals surface area contributed by atoms with Crippen molar-refractivity contribution >= 4 is 5.78 Å². The van der Waals surface area contributed by atoms with Gasteiger partial charge in [0.05, 0.1) is 7.11 Å². The highest BCUT2D eigenvalue weighted by molar-refractivity contribution is 5.80. The van der Waals surface area contributed by atoms with Crippen LogP contribution in [0.15, 0.2) is 24.3 Å². The monoisotopic (exact) mass is 247 g/mol. The summed E-state index contributed by atoms with van der Waals surface area (Å²) in [6.07, 6.45) is 1.36. The fourth-order valence-corrected chi connectivity index (χ4v) is 2.66. The van der Waals surface area contributed by atoms with Gasteiger partial charge in [0.15, 0.2) is 0 Å². The maximum absolute atomic E-state index is 11.5. The van der Waals surface area contributed by atoms with E-state index in [4.69, 9.17) is 4.74 Å². The van der Waals surface area contributed by atoms with Crippen molar-refractivity contribution in [2.45, 2.75) is 45.3 Å². The fourth-order valence-electron chi connectivity index (χ4n) is 2.66. The molecule has 1 heterocycles. The molecule has 3 nitrogen and oxygen atoms in total. The molecule has 1 saturated heterocycles. The topological polar surface area (TPSA) is 29.5 Å². The Morgan fingerprint density at radius 1 is 1.17 bits per heavy atom. The second kappa shape index (κ2) is 5.53. The minimum atomic E-state index is 0.336. The molecule has 0 aromatic heterocycles. The van der Waals surface area contributed by atoms with E-state index in [1.165, 1.54) is 5.56 Å². The number of carbonyl (C=O) groups excluding carboxylic acids is 1. The van der Waals surface area contributed by atoms with Crippen LogP contribution in [0.25, 0.3) is 0 Å². The van der Waals surface area contributed by atoms with E-state index in [9.17, 15) is 4.79 Å². The van der Waals surface area contributed by atoms with Crippen molar-refractivity contribution in [2.75, 3.05) is 7.11 Å². The number of piperidine rings is 1. The molecule has 1 aliphatic rings. The van der Waals surface area contributed by atoms with E-state index in [2.05, 4.69) is 30.9 Å². The van der Waals surface area contributed by atoms with Gasteiger partial charge in [0.25, 0.3) is 0 Å². The first-order valence-electron chi connectivity index (χ1n) is 6.50. The number of ether oxygens (including phenoxy) is 1. The van der Waals surface area contributed by atoms with Gasteiger partial charge in [-0.3, -0.25) is 9.69 Å². The molecular formula is C15H21NO2. The summed E-state index contributed by atoms with van der Waals surface area (Å²) < 4.78 is 5.16. The molecule has 0 aliphatic carbocycles. The van der Waals surface area contributed by atoms with Crippen molar-refractivity contribution in [3.63, 3.8) is 0 Å². The van der Waals surface area contributed by atoms with E-state index < -0.39 is 0 Å². The number of nitrogens with zero attached hydrogens (tertiary/aromatic N) is 1. The third kappa shape index (κ3) is 2.91. The van der Waals surface area contributed by atoms with Crippen LogP contribution in [0.3, 0.4) is 0 Å². The zero-order chi connectivity index (χ0) is 13.1. The third-order valence-electron chi connectivity index (χ3n) is 3.70. The number of rotatable bonds is 3. The van der Waals surface area contributed by atoms with Crippen LogP contribution in [0.5, 0.6) is 5.75 Å². The number of likely N-dealkylation sites (tertiary alicyclic amines) is 1. The highest BCUT2D eigenvalue weighted by Gasteiger charge is 2.29. The van der Waals surface area contributed by atoms with E-state index in [0.29, 0.717) is 30.7 Å². The highest BCUT2D eigenvalue weighted by atomic mass is 16.5. The molecule has 0 amide bonds. The number of methoxy groups -OCH3 is 1. The average Bonchev–Trinajstić information content (AvgIpc) is 2.34. The first-order chi connectivity index (χ1) is 8.60. The number of hydrogen-bond donors (Lipinski definition) is 0. The number of hydrogen-bond acceptors (Lipinski definition) is 3. The maximum Gasteiger partial charge on any atom is 0.136 e. The molecule has 0 spiro atoms. The number of ketones is 1. The van der Waals surface area contributed by atoms with Crippen molar-refractivity contribution < 1.29 is 9.53 Å². The van der Waals surface area contributed by atoms with E-state index >= 15 is 0 Å². The fraction of sp³-hybridized carbons (Fsp3) is 0.533. The van der Waals surface area contributed by atoms with Crippen LogP contribution in [0, 0.1) is 0 Å². The molecule has 98 valence electrons. The van der Waals surface area contributed by atoms with Crippen LogP contribution >= 0.6 is 0 Å². The Kier molecular flexibility index (Phi) is 4.02. The van der Waals surface area contributed by atoms with E-state index in [0.717, 1.165) is 12.3 Å². The molecule has 2 unspecified atom stereocenters. The Labute approximate surface area is 109 Å². The molecule has 0 radical (unpaired) electrons. The number of Topliss-reactive ketones (excluding diaryl/α,β-unsaturated/α-hetero) is 1. The molecule has 18 heavy (non-hydrogen) atoms. The lowest BCUT2D eigenvalue weighted by Crippen LogP contribution is -2.46. The summed E-state index contributed by atoms with van der Waals surface area (Å²) in [4.78, 5) is 13.9. The third-order valence-corrected chi connectivity index (χ3v) is 3.70. The lowest BCUT2D eigenvalue weighted by atomic mass is 9.95. The Hall–Kier alpha value is -1.35. The Morgan fingerprint density at radius 3 is 2.22 bits per heavy atom. The van der Waals surface area contributed by atoms with E-state index in [1.807, 2.05) is 12.1 Å². The summed E-state index contributed by atoms with van der Waals surface area (Å²) >= 11 is 0. The van der Waals surface area contributed by atoms with Crippen LogP contribution in [0.1, 0.15) is 32.3 Å². The molecule has 2 rings (SSSR count). The second-order valence-electron chi connectivity index (χ2n) is 5.17. The van der Waals surface area contributed by atoms with Crippen molar-refractivity contribution in [1.29, 1.82) is 0 Å².